The Balaban J connectivity index is 5.24. The number of rotatable bonds is 17. The maximum atomic E-state index is 13.2. The molecule has 0 aromatic carbocycles. The molecule has 0 saturated heterocycles. The third-order valence-corrected chi connectivity index (χ3v) is 6.46. The van der Waals surface area contributed by atoms with Crippen LogP contribution >= 0.6 is 0 Å². The summed E-state index contributed by atoms with van der Waals surface area (Å²) in [5.74, 6) is -1.93. The minimum atomic E-state index is -1.83. The maximum absolute atomic E-state index is 13.2. The Morgan fingerprint density at radius 1 is 0.775 bits per heavy atom. The van der Waals surface area contributed by atoms with E-state index in [0.29, 0.717) is 6.42 Å². The number of carbonyl (C=O) groups excluding carboxylic acids is 4. The molecule has 0 spiro atoms. The van der Waals surface area contributed by atoms with E-state index >= 15 is 0 Å². The lowest BCUT2D eigenvalue weighted by Gasteiger charge is -2.29. The first kappa shape index (κ1) is 37.9. The normalized spacial score (nSPS) is 16.9. The van der Waals surface area contributed by atoms with Crippen molar-refractivity contribution in [3.8, 4) is 0 Å². The number of amides is 3. The van der Waals surface area contributed by atoms with Crippen LogP contribution in [0, 0.1) is 16.7 Å². The average molecular weight is 576 g/mol. The SMILES string of the molecule is CC(C)[C@H](NC(=O)CCCC(C)(C)C)C(=O)N[C@@H](CCC(=O)NC[C@H](O)[C@@H](O)[C@H](O)[C@H](O)CO)C(=O)C(C)(C)C. The summed E-state index contributed by atoms with van der Waals surface area (Å²) in [7, 11) is 0. The van der Waals surface area contributed by atoms with E-state index in [0.717, 1.165) is 6.42 Å². The molecule has 0 aromatic heterocycles. The molecule has 0 saturated carbocycles. The lowest BCUT2D eigenvalue weighted by Crippen LogP contribution is -2.55. The van der Waals surface area contributed by atoms with Crippen molar-refractivity contribution >= 4 is 23.5 Å². The van der Waals surface area contributed by atoms with Gasteiger partial charge < -0.3 is 41.5 Å². The van der Waals surface area contributed by atoms with Crippen LogP contribution in [0.3, 0.4) is 0 Å². The van der Waals surface area contributed by atoms with E-state index in [2.05, 4.69) is 36.7 Å². The predicted molar refractivity (Wildman–Crippen MR) is 150 cm³/mol. The second-order valence-electron chi connectivity index (χ2n) is 13.0. The summed E-state index contributed by atoms with van der Waals surface area (Å²) in [5.41, 5.74) is -0.745. The van der Waals surface area contributed by atoms with Gasteiger partial charge in [-0.3, -0.25) is 19.2 Å². The zero-order valence-corrected chi connectivity index (χ0v) is 25.4. The molecule has 0 radical (unpaired) electrons. The summed E-state index contributed by atoms with van der Waals surface area (Å²) in [4.78, 5) is 51.2. The van der Waals surface area contributed by atoms with Crippen LogP contribution in [0.4, 0.5) is 0 Å². The van der Waals surface area contributed by atoms with Crippen LogP contribution in [0.25, 0.3) is 0 Å². The van der Waals surface area contributed by atoms with Crippen LogP contribution in [0.1, 0.15) is 87.5 Å². The van der Waals surface area contributed by atoms with E-state index in [4.69, 9.17) is 5.11 Å². The quantitative estimate of drug-likeness (QED) is 0.115. The summed E-state index contributed by atoms with van der Waals surface area (Å²) in [6.07, 6.45) is -5.41. The first-order valence-electron chi connectivity index (χ1n) is 13.9. The minimum absolute atomic E-state index is 0.0531. The van der Waals surface area contributed by atoms with Gasteiger partial charge in [-0.1, -0.05) is 55.4 Å². The Morgan fingerprint density at radius 2 is 1.32 bits per heavy atom. The standard InChI is InChI=1S/C28H53N3O9/c1-16(2)22(31-21(36)10-9-13-27(3,4)5)26(40)30-17(25(39)28(6,7)8)11-12-20(35)29-14-18(33)23(37)24(38)19(34)15-32/h16-19,22-24,32-34,37-38H,9-15H2,1-8H3,(H,29,35)(H,30,40)(H,31,36)/t17-,18-,19+,22-,23+,24+/m0/s1. The minimum Gasteiger partial charge on any atom is -0.394 e. The molecule has 6 atom stereocenters. The number of hydrogen-bond acceptors (Lipinski definition) is 9. The van der Waals surface area contributed by atoms with Crippen molar-refractivity contribution in [2.75, 3.05) is 13.2 Å². The number of ketones is 1. The van der Waals surface area contributed by atoms with Gasteiger partial charge in [-0.2, -0.15) is 0 Å². The van der Waals surface area contributed by atoms with Gasteiger partial charge in [0.05, 0.1) is 18.8 Å². The molecule has 0 fully saturated rings. The van der Waals surface area contributed by atoms with Gasteiger partial charge in [-0.15, -0.1) is 0 Å². The Morgan fingerprint density at radius 3 is 1.80 bits per heavy atom. The Kier molecular flexibility index (Phi) is 16.1. The molecule has 0 unspecified atom stereocenters. The summed E-state index contributed by atoms with van der Waals surface area (Å²) >= 11 is 0. The smallest absolute Gasteiger partial charge is 0.243 e. The van der Waals surface area contributed by atoms with Gasteiger partial charge in [0.2, 0.25) is 17.7 Å². The number of aliphatic hydroxyl groups is 5. The van der Waals surface area contributed by atoms with Crippen molar-refractivity contribution < 1.29 is 44.7 Å². The average Bonchev–Trinajstić information content (AvgIpc) is 2.84. The van der Waals surface area contributed by atoms with Gasteiger partial charge in [0.1, 0.15) is 24.4 Å². The van der Waals surface area contributed by atoms with Crippen molar-refractivity contribution in [3.05, 3.63) is 0 Å². The largest absolute Gasteiger partial charge is 0.394 e. The van der Waals surface area contributed by atoms with Crippen molar-refractivity contribution in [3.63, 3.8) is 0 Å². The van der Waals surface area contributed by atoms with Crippen LogP contribution in [0.15, 0.2) is 0 Å². The van der Waals surface area contributed by atoms with Crippen LogP contribution < -0.4 is 16.0 Å². The van der Waals surface area contributed by atoms with Crippen LogP contribution in [-0.2, 0) is 19.2 Å². The molecule has 8 N–H and O–H groups in total. The van der Waals surface area contributed by atoms with Crippen molar-refractivity contribution in [1.29, 1.82) is 0 Å². The molecule has 0 bridgehead atoms. The van der Waals surface area contributed by atoms with E-state index in [1.807, 2.05) is 0 Å². The summed E-state index contributed by atoms with van der Waals surface area (Å²) in [6, 6.07) is -1.89. The second kappa shape index (κ2) is 17.0. The van der Waals surface area contributed by atoms with Gasteiger partial charge in [-0.05, 0) is 30.6 Å². The van der Waals surface area contributed by atoms with Crippen LogP contribution in [0.5, 0.6) is 0 Å². The van der Waals surface area contributed by atoms with Crippen molar-refractivity contribution in [1.82, 2.24) is 16.0 Å². The zero-order valence-electron chi connectivity index (χ0n) is 25.4. The monoisotopic (exact) mass is 575 g/mol. The summed E-state index contributed by atoms with van der Waals surface area (Å²) in [6.45, 7) is 13.6. The van der Waals surface area contributed by atoms with Crippen LogP contribution in [-0.4, -0.2) is 98.7 Å². The number of aliphatic hydroxyl groups excluding tert-OH is 5. The lowest BCUT2D eigenvalue weighted by molar-refractivity contribution is -0.135. The molecular weight excluding hydrogens is 522 g/mol. The molecular formula is C28H53N3O9. The van der Waals surface area contributed by atoms with Gasteiger partial charge in [-0.25, -0.2) is 0 Å². The Hall–Kier alpha value is -2.12. The van der Waals surface area contributed by atoms with E-state index < -0.39 is 66.9 Å². The lowest BCUT2D eigenvalue weighted by atomic mass is 9.84. The maximum Gasteiger partial charge on any atom is 0.243 e. The summed E-state index contributed by atoms with van der Waals surface area (Å²) < 4.78 is 0. The first-order valence-corrected chi connectivity index (χ1v) is 13.9. The molecule has 0 heterocycles. The first-order chi connectivity index (χ1) is 18.2. The van der Waals surface area contributed by atoms with Crippen molar-refractivity contribution in [2.45, 2.75) is 124 Å². The van der Waals surface area contributed by atoms with E-state index in [-0.39, 0.29) is 42.3 Å². The topological polar surface area (TPSA) is 206 Å². The predicted octanol–water partition coefficient (Wildman–Crippen LogP) is -0.224. The Bertz CT molecular complexity index is 821. The van der Waals surface area contributed by atoms with Gasteiger partial charge in [0, 0.05) is 24.8 Å². The molecule has 0 aliphatic carbocycles. The fraction of sp³-hybridized carbons (Fsp3) is 0.857. The third kappa shape index (κ3) is 14.5. The van der Waals surface area contributed by atoms with Crippen molar-refractivity contribution in [2.24, 2.45) is 16.7 Å². The summed E-state index contributed by atoms with van der Waals surface area (Å²) in [5, 5.41) is 55.7. The highest BCUT2D eigenvalue weighted by atomic mass is 16.4. The molecule has 3 amide bonds. The van der Waals surface area contributed by atoms with E-state index in [1.54, 1.807) is 34.6 Å². The number of nitrogens with one attached hydrogen (secondary N) is 3. The second-order valence-corrected chi connectivity index (χ2v) is 13.0. The highest BCUT2D eigenvalue weighted by Crippen LogP contribution is 2.22. The van der Waals surface area contributed by atoms with Crippen LogP contribution in [0.2, 0.25) is 0 Å². The number of Topliss-reactive ketones (excluding diaryl/α,β-unsaturated/α-hetero) is 1. The zero-order chi connectivity index (χ0) is 31.4. The molecule has 234 valence electrons. The van der Waals surface area contributed by atoms with Gasteiger partial charge in [0.15, 0.2) is 5.78 Å². The van der Waals surface area contributed by atoms with Gasteiger partial charge in [0.25, 0.3) is 0 Å². The molecule has 40 heavy (non-hydrogen) atoms. The molecule has 0 aliphatic rings. The molecule has 0 aliphatic heterocycles. The fourth-order valence-corrected chi connectivity index (χ4v) is 3.88. The molecule has 0 aromatic rings. The number of hydrogen-bond donors (Lipinski definition) is 8. The van der Waals surface area contributed by atoms with Gasteiger partial charge >= 0.3 is 0 Å². The number of carbonyl (C=O) groups is 4. The highest BCUT2D eigenvalue weighted by Gasteiger charge is 2.34. The molecule has 12 heteroatoms. The van der Waals surface area contributed by atoms with E-state index in [1.165, 1.54) is 0 Å². The Labute approximate surface area is 238 Å². The fourth-order valence-electron chi connectivity index (χ4n) is 3.88. The molecule has 12 nitrogen and oxygen atoms in total. The highest BCUT2D eigenvalue weighted by molar-refractivity contribution is 5.95. The third-order valence-electron chi connectivity index (χ3n) is 6.46. The van der Waals surface area contributed by atoms with E-state index in [9.17, 15) is 39.6 Å². The molecule has 0 rings (SSSR count).